The fourth-order valence-electron chi connectivity index (χ4n) is 1.11. The lowest BCUT2D eigenvalue weighted by Crippen LogP contribution is -2.40. The second-order valence-corrected chi connectivity index (χ2v) is 3.34. The molecule has 0 spiro atoms. The van der Waals surface area contributed by atoms with Crippen molar-refractivity contribution in [2.75, 3.05) is 20.1 Å². The predicted molar refractivity (Wildman–Crippen MR) is 57.1 cm³/mol. The summed E-state index contributed by atoms with van der Waals surface area (Å²) in [7, 11) is 1.66. The second kappa shape index (κ2) is 5.86. The van der Waals surface area contributed by atoms with E-state index in [1.165, 1.54) is 4.90 Å². The molecule has 0 saturated carbocycles. The number of carbonyl (C=O) groups is 2. The summed E-state index contributed by atoms with van der Waals surface area (Å²) in [5.74, 6) is -0.520. The molecule has 0 fully saturated rings. The number of hydrogen-bond donors (Lipinski definition) is 3. The van der Waals surface area contributed by atoms with Gasteiger partial charge in [-0.3, -0.25) is 14.7 Å². The highest BCUT2D eigenvalue weighted by Crippen LogP contribution is 1.98. The van der Waals surface area contributed by atoms with Crippen molar-refractivity contribution in [2.24, 2.45) is 5.73 Å². The Bertz CT molecular complexity index is 349. The van der Waals surface area contributed by atoms with Crippen molar-refractivity contribution in [1.82, 2.24) is 20.4 Å². The van der Waals surface area contributed by atoms with Crippen LogP contribution in [0.15, 0.2) is 12.4 Å². The SMILES string of the molecule is CN(Cc1cn[nH]c1)C(=O)CNC(=O)CN. The fraction of sp³-hybridized carbons (Fsp3) is 0.444. The molecule has 0 aliphatic carbocycles. The van der Waals surface area contributed by atoms with E-state index in [9.17, 15) is 9.59 Å². The molecule has 1 rings (SSSR count). The van der Waals surface area contributed by atoms with Gasteiger partial charge in [0.25, 0.3) is 0 Å². The summed E-state index contributed by atoms with van der Waals surface area (Å²) < 4.78 is 0. The van der Waals surface area contributed by atoms with Crippen LogP contribution in [-0.2, 0) is 16.1 Å². The van der Waals surface area contributed by atoms with Crippen LogP contribution in [0.1, 0.15) is 5.56 Å². The highest BCUT2D eigenvalue weighted by molar-refractivity contribution is 5.85. The highest BCUT2D eigenvalue weighted by atomic mass is 16.2. The number of hydrogen-bond acceptors (Lipinski definition) is 4. The van der Waals surface area contributed by atoms with Gasteiger partial charge in [0.15, 0.2) is 0 Å². The molecule has 0 saturated heterocycles. The van der Waals surface area contributed by atoms with E-state index < -0.39 is 0 Å². The lowest BCUT2D eigenvalue weighted by atomic mass is 10.3. The van der Waals surface area contributed by atoms with Crippen LogP contribution in [0, 0.1) is 0 Å². The van der Waals surface area contributed by atoms with E-state index in [1.54, 1.807) is 19.4 Å². The Balaban J connectivity index is 2.33. The first-order chi connectivity index (χ1) is 7.63. The number of rotatable bonds is 5. The van der Waals surface area contributed by atoms with Crippen LogP contribution < -0.4 is 11.1 Å². The monoisotopic (exact) mass is 225 g/mol. The van der Waals surface area contributed by atoms with Crippen LogP contribution in [0.2, 0.25) is 0 Å². The Morgan fingerprint density at radius 1 is 1.62 bits per heavy atom. The summed E-state index contributed by atoms with van der Waals surface area (Å²) in [6.45, 7) is 0.303. The van der Waals surface area contributed by atoms with E-state index in [-0.39, 0.29) is 24.9 Å². The maximum absolute atomic E-state index is 11.5. The number of aromatic nitrogens is 2. The van der Waals surface area contributed by atoms with Crippen LogP contribution in [0.5, 0.6) is 0 Å². The molecule has 1 aromatic heterocycles. The minimum Gasteiger partial charge on any atom is -0.346 e. The first-order valence-corrected chi connectivity index (χ1v) is 4.82. The van der Waals surface area contributed by atoms with Gasteiger partial charge >= 0.3 is 0 Å². The zero-order valence-corrected chi connectivity index (χ0v) is 9.06. The van der Waals surface area contributed by atoms with E-state index in [0.717, 1.165) is 5.56 Å². The molecular weight excluding hydrogens is 210 g/mol. The third-order valence-corrected chi connectivity index (χ3v) is 2.02. The molecule has 7 heteroatoms. The van der Waals surface area contributed by atoms with Crippen molar-refractivity contribution in [3.05, 3.63) is 18.0 Å². The molecule has 0 radical (unpaired) electrons. The Morgan fingerprint density at radius 3 is 2.94 bits per heavy atom. The number of aromatic amines is 1. The molecule has 16 heavy (non-hydrogen) atoms. The van der Waals surface area contributed by atoms with Crippen molar-refractivity contribution in [2.45, 2.75) is 6.54 Å². The van der Waals surface area contributed by atoms with E-state index in [1.807, 2.05) is 0 Å². The van der Waals surface area contributed by atoms with E-state index in [2.05, 4.69) is 15.5 Å². The third-order valence-electron chi connectivity index (χ3n) is 2.02. The standard InChI is InChI=1S/C9H15N5O2/c1-14(6-7-3-12-13-4-7)9(16)5-11-8(15)2-10/h3-4H,2,5-6,10H2,1H3,(H,11,15)(H,12,13). The molecule has 88 valence electrons. The van der Waals surface area contributed by atoms with Gasteiger partial charge in [0, 0.05) is 25.4 Å². The smallest absolute Gasteiger partial charge is 0.242 e. The largest absolute Gasteiger partial charge is 0.346 e. The van der Waals surface area contributed by atoms with Crippen LogP contribution in [-0.4, -0.2) is 47.0 Å². The number of nitrogens with one attached hydrogen (secondary N) is 2. The highest BCUT2D eigenvalue weighted by Gasteiger charge is 2.10. The van der Waals surface area contributed by atoms with Crippen molar-refractivity contribution >= 4 is 11.8 Å². The first kappa shape index (κ1) is 12.2. The summed E-state index contributed by atoms with van der Waals surface area (Å²) in [5, 5.41) is 8.85. The molecule has 0 atom stereocenters. The number of carbonyl (C=O) groups excluding carboxylic acids is 2. The second-order valence-electron chi connectivity index (χ2n) is 3.34. The van der Waals surface area contributed by atoms with Crippen molar-refractivity contribution in [3.63, 3.8) is 0 Å². The molecule has 0 aromatic carbocycles. The van der Waals surface area contributed by atoms with Gasteiger partial charge in [-0.2, -0.15) is 5.10 Å². The zero-order chi connectivity index (χ0) is 12.0. The third kappa shape index (κ3) is 3.70. The van der Waals surface area contributed by atoms with E-state index in [4.69, 9.17) is 5.73 Å². The summed E-state index contributed by atoms with van der Waals surface area (Å²) in [5.41, 5.74) is 6.00. The molecule has 7 nitrogen and oxygen atoms in total. The van der Waals surface area contributed by atoms with Crippen molar-refractivity contribution in [1.29, 1.82) is 0 Å². The minimum absolute atomic E-state index is 0.0373. The Labute approximate surface area is 93.0 Å². The van der Waals surface area contributed by atoms with Crippen molar-refractivity contribution in [3.8, 4) is 0 Å². The summed E-state index contributed by atoms with van der Waals surface area (Å²) in [6, 6.07) is 0. The number of amides is 2. The molecule has 1 heterocycles. The van der Waals surface area contributed by atoms with Gasteiger partial charge in [-0.15, -0.1) is 0 Å². The lowest BCUT2D eigenvalue weighted by Gasteiger charge is -2.16. The number of likely N-dealkylation sites (N-methyl/N-ethyl adjacent to an activating group) is 1. The van der Waals surface area contributed by atoms with Gasteiger partial charge in [0.2, 0.25) is 11.8 Å². The average molecular weight is 225 g/mol. The van der Waals surface area contributed by atoms with Crippen LogP contribution in [0.4, 0.5) is 0 Å². The van der Waals surface area contributed by atoms with Crippen LogP contribution in [0.3, 0.4) is 0 Å². The molecule has 2 amide bonds. The van der Waals surface area contributed by atoms with Gasteiger partial charge < -0.3 is 16.0 Å². The Morgan fingerprint density at radius 2 is 2.38 bits per heavy atom. The molecule has 0 aliphatic rings. The number of nitrogens with two attached hydrogens (primary N) is 1. The molecule has 0 unspecified atom stereocenters. The van der Waals surface area contributed by atoms with E-state index >= 15 is 0 Å². The molecular formula is C9H15N5O2. The summed E-state index contributed by atoms with van der Waals surface area (Å²) >= 11 is 0. The topological polar surface area (TPSA) is 104 Å². The van der Waals surface area contributed by atoms with Crippen LogP contribution >= 0.6 is 0 Å². The Hall–Kier alpha value is -1.89. The normalized spacial score (nSPS) is 9.88. The van der Waals surface area contributed by atoms with Gasteiger partial charge in [-0.1, -0.05) is 0 Å². The van der Waals surface area contributed by atoms with E-state index in [0.29, 0.717) is 6.54 Å². The average Bonchev–Trinajstić information content (AvgIpc) is 2.77. The molecule has 1 aromatic rings. The van der Waals surface area contributed by atoms with Gasteiger partial charge in [0.05, 0.1) is 19.3 Å². The molecule has 0 bridgehead atoms. The van der Waals surface area contributed by atoms with Gasteiger partial charge in [-0.25, -0.2) is 0 Å². The van der Waals surface area contributed by atoms with Gasteiger partial charge in [0.1, 0.15) is 0 Å². The maximum Gasteiger partial charge on any atom is 0.242 e. The first-order valence-electron chi connectivity index (χ1n) is 4.82. The van der Waals surface area contributed by atoms with Crippen molar-refractivity contribution < 1.29 is 9.59 Å². The quantitative estimate of drug-likeness (QED) is 0.564. The fourth-order valence-corrected chi connectivity index (χ4v) is 1.11. The van der Waals surface area contributed by atoms with Crippen LogP contribution in [0.25, 0.3) is 0 Å². The number of nitrogens with zero attached hydrogens (tertiary/aromatic N) is 2. The number of H-pyrrole nitrogens is 1. The maximum atomic E-state index is 11.5. The molecule has 4 N–H and O–H groups in total. The zero-order valence-electron chi connectivity index (χ0n) is 9.06. The minimum atomic E-state index is -0.343. The summed E-state index contributed by atoms with van der Waals surface area (Å²) in [6.07, 6.45) is 3.35. The predicted octanol–water partition coefficient (Wildman–Crippen LogP) is -1.56. The summed E-state index contributed by atoms with van der Waals surface area (Å²) in [4.78, 5) is 23.9. The lowest BCUT2D eigenvalue weighted by molar-refractivity contribution is -0.131. The Kier molecular flexibility index (Phi) is 4.46. The van der Waals surface area contributed by atoms with Gasteiger partial charge in [-0.05, 0) is 0 Å². The molecule has 0 aliphatic heterocycles.